The van der Waals surface area contributed by atoms with Gasteiger partial charge in [-0.1, -0.05) is 0 Å². The first-order chi connectivity index (χ1) is 6.71. The first-order valence-corrected chi connectivity index (χ1v) is 6.40. The van der Waals surface area contributed by atoms with Gasteiger partial charge in [0, 0.05) is 0 Å². The van der Waals surface area contributed by atoms with Crippen LogP contribution in [0.25, 0.3) is 0 Å². The van der Waals surface area contributed by atoms with E-state index in [1.807, 2.05) is 0 Å². The van der Waals surface area contributed by atoms with Gasteiger partial charge in [-0.3, -0.25) is 0 Å². The predicted molar refractivity (Wildman–Crippen MR) is 49.2 cm³/mol. The van der Waals surface area contributed by atoms with Crippen LogP contribution in [-0.4, -0.2) is 30.0 Å². The second-order valence-corrected chi connectivity index (χ2v) is 4.68. The minimum absolute atomic E-state index is 0.236. The lowest BCUT2D eigenvalue weighted by Crippen LogP contribution is -1.93. The monoisotopic (exact) mass is 262 g/mol. The molecule has 0 saturated carbocycles. The second-order valence-electron chi connectivity index (χ2n) is 2.23. The molecule has 0 N–H and O–H groups in total. The minimum atomic E-state index is -4.67. The second kappa shape index (κ2) is 5.93. The van der Waals surface area contributed by atoms with Crippen molar-refractivity contribution in [2.45, 2.75) is 0 Å². The van der Waals surface area contributed by atoms with E-state index in [1.54, 1.807) is 0 Å². The number of ether oxygens (including phenoxy) is 1. The molecule has 88 valence electrons. The van der Waals surface area contributed by atoms with Gasteiger partial charge >= 0.3 is 20.4 Å². The molecular formula is C6H8F2O5S2. The van der Waals surface area contributed by atoms with Gasteiger partial charge in [-0.2, -0.15) is 16.8 Å². The largest absolute Gasteiger partial charge is 0.373 e. The molecule has 0 aliphatic rings. The van der Waals surface area contributed by atoms with Gasteiger partial charge in [-0.25, -0.2) is 0 Å². The summed E-state index contributed by atoms with van der Waals surface area (Å²) >= 11 is 0. The number of rotatable bonds is 6. The van der Waals surface area contributed by atoms with Crippen molar-refractivity contribution in [3.8, 4) is 0 Å². The zero-order valence-corrected chi connectivity index (χ0v) is 8.97. The van der Waals surface area contributed by atoms with Gasteiger partial charge in [0.25, 0.3) is 0 Å². The van der Waals surface area contributed by atoms with Gasteiger partial charge in [0.1, 0.15) is 0 Å². The van der Waals surface area contributed by atoms with Gasteiger partial charge in [-0.05, 0) is 12.2 Å². The molecule has 0 amide bonds. The Balaban J connectivity index is 3.75. The van der Waals surface area contributed by atoms with Crippen molar-refractivity contribution in [1.82, 2.24) is 0 Å². The van der Waals surface area contributed by atoms with Crippen LogP contribution in [0.1, 0.15) is 0 Å². The lowest BCUT2D eigenvalue weighted by atomic mass is 10.6. The number of hydrogen-bond acceptors (Lipinski definition) is 5. The van der Waals surface area contributed by atoms with Crippen molar-refractivity contribution in [2.24, 2.45) is 0 Å². The topological polar surface area (TPSA) is 77.5 Å². The summed E-state index contributed by atoms with van der Waals surface area (Å²) in [6.45, 7) is -0.473. The average Bonchev–Trinajstić information content (AvgIpc) is 1.98. The van der Waals surface area contributed by atoms with Crippen molar-refractivity contribution in [3.05, 3.63) is 23.0 Å². The normalized spacial score (nSPS) is 14.0. The molecule has 0 aromatic carbocycles. The molecular weight excluding hydrogens is 254 g/mol. The maximum Gasteiger partial charge on any atom is 0.324 e. The Bertz CT molecular complexity index is 392. The summed E-state index contributed by atoms with van der Waals surface area (Å²) in [6.07, 6.45) is 1.76. The Morgan fingerprint density at radius 2 is 1.20 bits per heavy atom. The van der Waals surface area contributed by atoms with E-state index in [0.29, 0.717) is 10.8 Å². The van der Waals surface area contributed by atoms with E-state index >= 15 is 0 Å². The van der Waals surface area contributed by atoms with Crippen molar-refractivity contribution in [2.75, 3.05) is 13.2 Å². The zero-order chi connectivity index (χ0) is 11.9. The van der Waals surface area contributed by atoms with Gasteiger partial charge < -0.3 is 4.74 Å². The standard InChI is InChI=1S/C6H8F2O5S2/c7-14(9,10)5-1-3-13-4-2-6-15(8,11)12/h1-2,5-6H,3-4H2. The Morgan fingerprint density at radius 1 is 0.867 bits per heavy atom. The third-order valence-corrected chi connectivity index (χ3v) is 1.98. The first kappa shape index (κ1) is 14.2. The van der Waals surface area contributed by atoms with Crippen LogP contribution in [0.15, 0.2) is 23.0 Å². The molecule has 0 unspecified atom stereocenters. The molecule has 0 aliphatic carbocycles. The predicted octanol–water partition coefficient (Wildman–Crippen LogP) is 0.629. The molecule has 0 aromatic rings. The summed E-state index contributed by atoms with van der Waals surface area (Å²) in [5.41, 5.74) is 0. The number of hydrogen-bond donors (Lipinski definition) is 0. The molecule has 0 radical (unpaired) electrons. The Kier molecular flexibility index (Phi) is 5.61. The summed E-state index contributed by atoms with van der Waals surface area (Å²) in [7, 11) is -9.35. The van der Waals surface area contributed by atoms with Crippen LogP contribution in [0.4, 0.5) is 7.77 Å². The fourth-order valence-electron chi connectivity index (χ4n) is 0.513. The highest BCUT2D eigenvalue weighted by atomic mass is 32.3. The van der Waals surface area contributed by atoms with Crippen LogP contribution < -0.4 is 0 Å². The highest BCUT2D eigenvalue weighted by molar-refractivity contribution is 7.89. The minimum Gasteiger partial charge on any atom is -0.373 e. The van der Waals surface area contributed by atoms with Crippen molar-refractivity contribution >= 4 is 20.4 Å². The van der Waals surface area contributed by atoms with Crippen LogP contribution in [0.3, 0.4) is 0 Å². The lowest BCUT2D eigenvalue weighted by molar-refractivity contribution is 0.194. The van der Waals surface area contributed by atoms with Gasteiger partial charge in [0.05, 0.1) is 24.0 Å². The number of halogens is 2. The van der Waals surface area contributed by atoms with E-state index in [1.165, 1.54) is 0 Å². The maximum atomic E-state index is 11.8. The molecule has 0 bridgehead atoms. The molecule has 0 rings (SSSR count). The summed E-state index contributed by atoms with van der Waals surface area (Å²) in [6, 6.07) is 0. The lowest BCUT2D eigenvalue weighted by Gasteiger charge is -1.92. The zero-order valence-electron chi connectivity index (χ0n) is 7.34. The molecule has 9 heteroatoms. The molecule has 0 saturated heterocycles. The molecule has 0 aliphatic heterocycles. The Labute approximate surface area is 86.5 Å². The molecule has 0 fully saturated rings. The summed E-state index contributed by atoms with van der Waals surface area (Å²) < 4.78 is 67.8. The molecule has 5 nitrogen and oxygen atoms in total. The van der Waals surface area contributed by atoms with Crippen LogP contribution in [0.5, 0.6) is 0 Å². The molecule has 0 aromatic heterocycles. The van der Waals surface area contributed by atoms with Crippen LogP contribution >= 0.6 is 0 Å². The molecule has 0 spiro atoms. The van der Waals surface area contributed by atoms with E-state index in [-0.39, 0.29) is 13.2 Å². The Morgan fingerprint density at radius 3 is 1.47 bits per heavy atom. The van der Waals surface area contributed by atoms with Crippen molar-refractivity contribution in [3.63, 3.8) is 0 Å². The van der Waals surface area contributed by atoms with Crippen molar-refractivity contribution < 1.29 is 29.3 Å². The van der Waals surface area contributed by atoms with E-state index in [2.05, 4.69) is 4.74 Å². The van der Waals surface area contributed by atoms with Gasteiger partial charge in [0.15, 0.2) is 0 Å². The summed E-state index contributed by atoms with van der Waals surface area (Å²) in [5, 5.41) is 0.589. The molecule has 0 atom stereocenters. The fourth-order valence-corrected chi connectivity index (χ4v) is 1.13. The quantitative estimate of drug-likeness (QED) is 0.518. The fraction of sp³-hybridized carbons (Fsp3) is 0.333. The molecule has 0 heterocycles. The van der Waals surface area contributed by atoms with E-state index < -0.39 is 20.4 Å². The third-order valence-electron chi connectivity index (χ3n) is 0.946. The van der Waals surface area contributed by atoms with Crippen LogP contribution in [0.2, 0.25) is 0 Å². The average molecular weight is 262 g/mol. The smallest absolute Gasteiger partial charge is 0.324 e. The third kappa shape index (κ3) is 13.2. The van der Waals surface area contributed by atoms with Crippen molar-refractivity contribution in [1.29, 1.82) is 0 Å². The van der Waals surface area contributed by atoms with Gasteiger partial charge in [0.2, 0.25) is 0 Å². The molecule has 15 heavy (non-hydrogen) atoms. The Hall–Kier alpha value is -0.800. The van der Waals surface area contributed by atoms with Crippen LogP contribution in [-0.2, 0) is 25.2 Å². The summed E-state index contributed by atoms with van der Waals surface area (Å²) in [4.78, 5) is 0. The summed E-state index contributed by atoms with van der Waals surface area (Å²) in [5.74, 6) is 0. The highest BCUT2D eigenvalue weighted by Crippen LogP contribution is 1.94. The van der Waals surface area contributed by atoms with E-state index in [0.717, 1.165) is 12.2 Å². The maximum absolute atomic E-state index is 11.8. The van der Waals surface area contributed by atoms with Crippen LogP contribution in [0, 0.1) is 0 Å². The first-order valence-electron chi connectivity index (χ1n) is 3.51. The van der Waals surface area contributed by atoms with E-state index in [4.69, 9.17) is 0 Å². The highest BCUT2D eigenvalue weighted by Gasteiger charge is 1.98. The van der Waals surface area contributed by atoms with E-state index in [9.17, 15) is 24.6 Å². The van der Waals surface area contributed by atoms with Gasteiger partial charge in [-0.15, -0.1) is 7.77 Å². The SMILES string of the molecule is O=S(=O)(F)C=CCOCC=CS(=O)(=O)F.